The van der Waals surface area contributed by atoms with Crippen LogP contribution in [0.1, 0.15) is 86.9 Å². The Hall–Kier alpha value is -3.85. The summed E-state index contributed by atoms with van der Waals surface area (Å²) in [6.45, 7) is 18.4. The van der Waals surface area contributed by atoms with Gasteiger partial charge in [0.2, 0.25) is 0 Å². The van der Waals surface area contributed by atoms with Gasteiger partial charge in [-0.2, -0.15) is 4.31 Å². The Balaban J connectivity index is 1.65. The Morgan fingerprint density at radius 1 is 0.857 bits per heavy atom. The highest BCUT2D eigenvalue weighted by molar-refractivity contribution is 7.89. The monoisotopic (exact) mass is 694 g/mol. The second-order valence-electron chi connectivity index (χ2n) is 15.2. The predicted octanol–water partition coefficient (Wildman–Crippen LogP) is 5.80. The van der Waals surface area contributed by atoms with Crippen LogP contribution in [-0.2, 0) is 46.8 Å². The van der Waals surface area contributed by atoms with Crippen molar-refractivity contribution in [3.8, 4) is 0 Å². The normalized spacial score (nSPS) is 16.0. The van der Waals surface area contributed by atoms with E-state index in [1.54, 1.807) is 45.0 Å². The molecule has 0 aliphatic carbocycles. The molecule has 1 saturated heterocycles. The van der Waals surface area contributed by atoms with Crippen LogP contribution in [0.5, 0.6) is 0 Å². The lowest BCUT2D eigenvalue weighted by atomic mass is 9.79. The first kappa shape index (κ1) is 38.0. The van der Waals surface area contributed by atoms with E-state index in [0.717, 1.165) is 5.46 Å². The van der Waals surface area contributed by atoms with E-state index in [4.69, 9.17) is 18.9 Å². The van der Waals surface area contributed by atoms with Crippen LogP contribution in [0.25, 0.3) is 0 Å². The summed E-state index contributed by atoms with van der Waals surface area (Å²) in [6.07, 6.45) is 0.489. The summed E-state index contributed by atoms with van der Waals surface area (Å²) in [5, 5.41) is 0.570. The van der Waals surface area contributed by atoms with Gasteiger partial charge in [0.25, 0.3) is 10.0 Å². The molecule has 0 saturated carbocycles. The summed E-state index contributed by atoms with van der Waals surface area (Å²) in [6, 6.07) is 16.7. The predicted molar refractivity (Wildman–Crippen MR) is 186 cm³/mol. The summed E-state index contributed by atoms with van der Waals surface area (Å²) in [5.74, 6) is -0.704. The Kier molecular flexibility index (Phi) is 11.0. The van der Waals surface area contributed by atoms with Crippen LogP contribution in [0, 0.1) is 5.41 Å². The molecule has 12 nitrogen and oxygen atoms in total. The number of benzene rings is 1. The minimum atomic E-state index is -4.12. The number of anilines is 1. The number of amides is 1. The molecule has 3 aromatic rings. The Morgan fingerprint density at radius 2 is 1.49 bits per heavy atom. The Bertz CT molecular complexity index is 1720. The summed E-state index contributed by atoms with van der Waals surface area (Å²) in [7, 11) is -4.69. The van der Waals surface area contributed by atoms with Crippen molar-refractivity contribution >= 4 is 40.5 Å². The van der Waals surface area contributed by atoms with E-state index >= 15 is 0 Å². The number of pyridine rings is 2. The lowest BCUT2D eigenvalue weighted by Gasteiger charge is -2.32. The van der Waals surface area contributed by atoms with Gasteiger partial charge in [0, 0.05) is 12.7 Å². The first-order valence-corrected chi connectivity index (χ1v) is 17.6. The van der Waals surface area contributed by atoms with Crippen LogP contribution in [0.4, 0.5) is 10.6 Å². The lowest BCUT2D eigenvalue weighted by molar-refractivity contribution is -0.147. The van der Waals surface area contributed by atoms with Gasteiger partial charge in [-0.15, -0.1) is 0 Å². The number of aromatic nitrogens is 2. The molecular formula is C35H47BN4O8S. The highest BCUT2D eigenvalue weighted by Gasteiger charge is 2.51. The third-order valence-electron chi connectivity index (χ3n) is 7.87. The molecule has 14 heteroatoms. The first-order chi connectivity index (χ1) is 22.6. The minimum absolute atomic E-state index is 0.0230. The van der Waals surface area contributed by atoms with E-state index in [0.29, 0.717) is 10.6 Å². The van der Waals surface area contributed by atoms with Gasteiger partial charge in [-0.05, 0) is 89.2 Å². The number of hydroxylamine groups is 1. The standard InChI is InChI=1S/C35H47BN4O8S/c1-32(2,3)22-30(41)46-40(31(42)45-33(4,5)6)28-15-13-14-27(38-28)24-39(49(43,44)29-16-11-12-21-37-29)23-25-17-19-26(20-18-25)36-47-34(7,8)35(9,10)48-36/h11-21H,22-24H2,1-10H3. The molecule has 0 atom stereocenters. The van der Waals surface area contributed by atoms with Crippen LogP contribution in [0.3, 0.4) is 0 Å². The summed E-state index contributed by atoms with van der Waals surface area (Å²) >= 11 is 0. The smallest absolute Gasteiger partial charge is 0.441 e. The topological polar surface area (TPSA) is 137 Å². The van der Waals surface area contributed by atoms with Crippen molar-refractivity contribution in [3.63, 3.8) is 0 Å². The molecule has 0 unspecified atom stereocenters. The molecule has 1 aliphatic heterocycles. The van der Waals surface area contributed by atoms with E-state index in [-0.39, 0.29) is 36.0 Å². The fraction of sp³-hybridized carbons (Fsp3) is 0.486. The first-order valence-electron chi connectivity index (χ1n) is 16.1. The van der Waals surface area contributed by atoms with Crippen molar-refractivity contribution in [1.82, 2.24) is 14.3 Å². The molecule has 264 valence electrons. The van der Waals surface area contributed by atoms with Crippen molar-refractivity contribution < 1.29 is 36.9 Å². The van der Waals surface area contributed by atoms with Crippen molar-refractivity contribution in [1.29, 1.82) is 0 Å². The number of carbonyl (C=O) groups is 2. The van der Waals surface area contributed by atoms with Crippen molar-refractivity contribution in [3.05, 3.63) is 78.1 Å². The van der Waals surface area contributed by atoms with E-state index in [1.165, 1.54) is 22.6 Å². The van der Waals surface area contributed by atoms with Crippen molar-refractivity contribution in [2.24, 2.45) is 5.41 Å². The molecule has 49 heavy (non-hydrogen) atoms. The number of carbonyl (C=O) groups excluding carboxylic acids is 2. The Morgan fingerprint density at radius 3 is 2.04 bits per heavy atom. The average molecular weight is 695 g/mol. The van der Waals surface area contributed by atoms with Gasteiger partial charge in [-0.3, -0.25) is 0 Å². The lowest BCUT2D eigenvalue weighted by Crippen LogP contribution is -2.41. The zero-order valence-corrected chi connectivity index (χ0v) is 30.8. The third-order valence-corrected chi connectivity index (χ3v) is 9.58. The summed E-state index contributed by atoms with van der Waals surface area (Å²) in [4.78, 5) is 40.2. The second-order valence-corrected chi connectivity index (χ2v) is 17.1. The highest BCUT2D eigenvalue weighted by Crippen LogP contribution is 2.36. The molecular weight excluding hydrogens is 647 g/mol. The number of ether oxygens (including phenoxy) is 1. The van der Waals surface area contributed by atoms with Gasteiger partial charge < -0.3 is 18.9 Å². The largest absolute Gasteiger partial charge is 0.494 e. The van der Waals surface area contributed by atoms with Gasteiger partial charge in [0.1, 0.15) is 5.60 Å². The second kappa shape index (κ2) is 14.2. The maximum Gasteiger partial charge on any atom is 0.494 e. The molecule has 3 heterocycles. The van der Waals surface area contributed by atoms with Gasteiger partial charge >= 0.3 is 19.2 Å². The van der Waals surface area contributed by atoms with Crippen LogP contribution in [0.15, 0.2) is 71.9 Å². The number of hydrogen-bond donors (Lipinski definition) is 0. The Labute approximate surface area is 290 Å². The van der Waals surface area contributed by atoms with Gasteiger partial charge in [-0.1, -0.05) is 62.2 Å². The average Bonchev–Trinajstić information content (AvgIpc) is 3.20. The quantitative estimate of drug-likeness (QED) is 0.200. The summed E-state index contributed by atoms with van der Waals surface area (Å²) in [5.41, 5.74) is -0.526. The number of sulfonamides is 1. The zero-order chi connectivity index (χ0) is 36.4. The minimum Gasteiger partial charge on any atom is -0.441 e. The maximum absolute atomic E-state index is 14.0. The van der Waals surface area contributed by atoms with E-state index in [1.807, 2.05) is 72.7 Å². The fourth-order valence-corrected chi connectivity index (χ4v) is 6.05. The van der Waals surface area contributed by atoms with Crippen molar-refractivity contribution in [2.45, 2.75) is 111 Å². The highest BCUT2D eigenvalue weighted by atomic mass is 32.2. The molecule has 1 aliphatic rings. The molecule has 0 bridgehead atoms. The molecule has 1 aromatic carbocycles. The molecule has 4 rings (SSSR count). The molecule has 1 amide bonds. The van der Waals surface area contributed by atoms with Crippen LogP contribution in [0.2, 0.25) is 0 Å². The van der Waals surface area contributed by atoms with Crippen LogP contribution >= 0.6 is 0 Å². The maximum atomic E-state index is 14.0. The van der Waals surface area contributed by atoms with Crippen LogP contribution < -0.4 is 10.5 Å². The summed E-state index contributed by atoms with van der Waals surface area (Å²) < 4.78 is 47.0. The molecule has 2 aromatic heterocycles. The van der Waals surface area contributed by atoms with E-state index in [2.05, 4.69) is 9.97 Å². The zero-order valence-electron chi connectivity index (χ0n) is 30.0. The number of nitrogens with zero attached hydrogens (tertiary/aromatic N) is 4. The number of rotatable bonds is 9. The number of hydrogen-bond acceptors (Lipinski definition) is 10. The fourth-order valence-electron chi connectivity index (χ4n) is 4.72. The molecule has 0 spiro atoms. The van der Waals surface area contributed by atoms with Gasteiger partial charge in [-0.25, -0.2) is 28.0 Å². The molecule has 1 fully saturated rings. The molecule has 0 N–H and O–H groups in total. The molecule has 0 radical (unpaired) electrons. The van der Waals surface area contributed by atoms with E-state index in [9.17, 15) is 18.0 Å². The van der Waals surface area contributed by atoms with Crippen LogP contribution in [-0.4, -0.2) is 58.7 Å². The van der Waals surface area contributed by atoms with Gasteiger partial charge in [0.05, 0.1) is 29.9 Å². The SMILES string of the molecule is CC(C)(C)CC(=O)ON(C(=O)OC(C)(C)C)c1cccc(CN(Cc2ccc(B3OC(C)(C)C(C)(C)O3)cc2)S(=O)(=O)c2ccccn2)n1. The van der Waals surface area contributed by atoms with E-state index < -0.39 is 51.4 Å². The third kappa shape index (κ3) is 9.87. The van der Waals surface area contributed by atoms with Gasteiger partial charge in [0.15, 0.2) is 10.8 Å². The van der Waals surface area contributed by atoms with Crippen molar-refractivity contribution in [2.75, 3.05) is 5.06 Å².